The molecule has 154 valence electrons. The van der Waals surface area contributed by atoms with Crippen LogP contribution in [0.25, 0.3) is 0 Å². The Hall–Kier alpha value is -3.30. The van der Waals surface area contributed by atoms with Gasteiger partial charge in [-0.05, 0) is 55.7 Å². The van der Waals surface area contributed by atoms with Crippen LogP contribution in [0.15, 0.2) is 42.5 Å². The summed E-state index contributed by atoms with van der Waals surface area (Å²) < 4.78 is 49.4. The average molecular weight is 410 g/mol. The number of alkyl halides is 3. The number of halogens is 3. The van der Waals surface area contributed by atoms with E-state index in [0.717, 1.165) is 18.9 Å². The minimum atomic E-state index is -4.70. The van der Waals surface area contributed by atoms with Crippen molar-refractivity contribution < 1.29 is 32.4 Å². The number of carbonyl (C=O) groups excluding carboxylic acids is 1. The zero-order valence-electron chi connectivity index (χ0n) is 15.1. The summed E-state index contributed by atoms with van der Waals surface area (Å²) in [6.07, 6.45) is -3.00. The first-order valence-electron chi connectivity index (χ1n) is 8.82. The van der Waals surface area contributed by atoms with Crippen LogP contribution in [0.2, 0.25) is 0 Å². The van der Waals surface area contributed by atoms with Gasteiger partial charge in [-0.15, -0.1) is 0 Å². The van der Waals surface area contributed by atoms with Crippen molar-refractivity contribution in [2.45, 2.75) is 31.5 Å². The molecule has 2 aromatic rings. The molecule has 0 bridgehead atoms. The molecule has 1 heterocycles. The smallest absolute Gasteiger partial charge is 0.416 e. The lowest BCUT2D eigenvalue weighted by Gasteiger charge is -2.16. The summed E-state index contributed by atoms with van der Waals surface area (Å²) >= 11 is 0. The summed E-state index contributed by atoms with van der Waals surface area (Å²) in [4.78, 5) is 22.1. The van der Waals surface area contributed by atoms with E-state index in [1.165, 1.54) is 24.3 Å². The molecule has 1 aliphatic heterocycles. The lowest BCUT2D eigenvalue weighted by molar-refractivity contribution is -0.385. The van der Waals surface area contributed by atoms with Crippen LogP contribution in [-0.2, 0) is 11.0 Å². The predicted octanol–water partition coefficient (Wildman–Crippen LogP) is 4.45. The second-order valence-corrected chi connectivity index (χ2v) is 6.40. The van der Waals surface area contributed by atoms with Crippen LogP contribution >= 0.6 is 0 Å². The molecule has 10 heteroatoms. The Balaban J connectivity index is 1.74. The van der Waals surface area contributed by atoms with Crippen LogP contribution in [-0.4, -0.2) is 23.5 Å². The van der Waals surface area contributed by atoms with Gasteiger partial charge in [-0.2, -0.15) is 13.2 Å². The molecule has 0 saturated carbocycles. The second kappa shape index (κ2) is 8.38. The molecule has 0 aromatic heterocycles. The van der Waals surface area contributed by atoms with E-state index >= 15 is 0 Å². The molecule has 1 aliphatic rings. The Labute approximate surface area is 163 Å². The number of hydrogen-bond donors (Lipinski definition) is 1. The van der Waals surface area contributed by atoms with Crippen molar-refractivity contribution in [3.63, 3.8) is 0 Å². The van der Waals surface area contributed by atoms with Crippen molar-refractivity contribution in [1.82, 2.24) is 5.32 Å². The fourth-order valence-electron chi connectivity index (χ4n) is 2.82. The summed E-state index contributed by atoms with van der Waals surface area (Å²) in [6, 6.07) is 7.98. The molecule has 3 rings (SSSR count). The highest BCUT2D eigenvalue weighted by Crippen LogP contribution is 2.38. The Morgan fingerprint density at radius 3 is 2.41 bits per heavy atom. The van der Waals surface area contributed by atoms with Crippen LogP contribution < -0.4 is 14.8 Å². The standard InChI is InChI=1S/C19H17F3N2O5/c20-19(21,22)12-4-9-16(15(11-12)24(26)27)28-13-5-7-14(8-6-13)29-17-3-1-2-10-23-18(17)25/h4-9,11,17H,1-3,10H2,(H,23,25). The maximum absolute atomic E-state index is 12.8. The summed E-state index contributed by atoms with van der Waals surface area (Å²) in [5.41, 5.74) is -1.93. The summed E-state index contributed by atoms with van der Waals surface area (Å²) in [6.45, 7) is 0.609. The van der Waals surface area contributed by atoms with Crippen molar-refractivity contribution in [3.8, 4) is 17.2 Å². The minimum Gasteiger partial charge on any atom is -0.481 e. The van der Waals surface area contributed by atoms with Gasteiger partial charge < -0.3 is 14.8 Å². The van der Waals surface area contributed by atoms with Crippen molar-refractivity contribution in [2.75, 3.05) is 6.54 Å². The van der Waals surface area contributed by atoms with E-state index < -0.39 is 28.5 Å². The number of benzene rings is 2. The van der Waals surface area contributed by atoms with E-state index in [2.05, 4.69) is 5.32 Å². The Morgan fingerprint density at radius 2 is 1.76 bits per heavy atom. The van der Waals surface area contributed by atoms with Crippen molar-refractivity contribution in [3.05, 3.63) is 58.1 Å². The van der Waals surface area contributed by atoms with Crippen LogP contribution in [0.1, 0.15) is 24.8 Å². The van der Waals surface area contributed by atoms with Gasteiger partial charge in [-0.3, -0.25) is 14.9 Å². The van der Waals surface area contributed by atoms with Crippen LogP contribution in [0.3, 0.4) is 0 Å². The van der Waals surface area contributed by atoms with Gasteiger partial charge in [0.25, 0.3) is 5.91 Å². The monoisotopic (exact) mass is 410 g/mol. The fourth-order valence-corrected chi connectivity index (χ4v) is 2.82. The van der Waals surface area contributed by atoms with E-state index in [1.807, 2.05) is 0 Å². The number of rotatable bonds is 5. The number of carbonyl (C=O) groups is 1. The zero-order valence-corrected chi connectivity index (χ0v) is 15.1. The third-order valence-corrected chi connectivity index (χ3v) is 4.30. The molecule has 1 atom stereocenters. The molecule has 1 N–H and O–H groups in total. The number of nitro groups is 1. The molecule has 0 spiro atoms. The maximum Gasteiger partial charge on any atom is 0.416 e. The largest absolute Gasteiger partial charge is 0.481 e. The molecule has 1 saturated heterocycles. The zero-order chi connectivity index (χ0) is 21.0. The number of amides is 1. The summed E-state index contributed by atoms with van der Waals surface area (Å²) in [7, 11) is 0. The average Bonchev–Trinajstić information content (AvgIpc) is 2.87. The van der Waals surface area contributed by atoms with E-state index in [1.54, 1.807) is 0 Å². The molecule has 7 nitrogen and oxygen atoms in total. The molecule has 0 aliphatic carbocycles. The first kappa shape index (κ1) is 20.4. The molecular weight excluding hydrogens is 393 g/mol. The first-order valence-corrected chi connectivity index (χ1v) is 8.82. The second-order valence-electron chi connectivity index (χ2n) is 6.40. The SMILES string of the molecule is O=C1NCCCCC1Oc1ccc(Oc2ccc(C(F)(F)F)cc2[N+](=O)[O-])cc1. The third-order valence-electron chi connectivity index (χ3n) is 4.30. The van der Waals surface area contributed by atoms with Crippen molar-refractivity contribution in [2.24, 2.45) is 0 Å². The van der Waals surface area contributed by atoms with Gasteiger partial charge in [0, 0.05) is 12.6 Å². The number of nitrogens with zero attached hydrogens (tertiary/aromatic N) is 1. The summed E-state index contributed by atoms with van der Waals surface area (Å²) in [5.74, 6) is 0.0647. The van der Waals surface area contributed by atoms with Gasteiger partial charge in [0.15, 0.2) is 6.10 Å². The fraction of sp³-hybridized carbons (Fsp3) is 0.316. The molecule has 29 heavy (non-hydrogen) atoms. The highest BCUT2D eigenvalue weighted by Gasteiger charge is 2.33. The first-order chi connectivity index (χ1) is 13.7. The van der Waals surface area contributed by atoms with E-state index in [4.69, 9.17) is 9.47 Å². The number of hydrogen-bond acceptors (Lipinski definition) is 5. The van der Waals surface area contributed by atoms with E-state index in [0.29, 0.717) is 30.8 Å². The third kappa shape index (κ3) is 5.15. The Morgan fingerprint density at radius 1 is 1.07 bits per heavy atom. The number of ether oxygens (including phenoxy) is 2. The van der Waals surface area contributed by atoms with Gasteiger partial charge in [-0.1, -0.05) is 0 Å². The quantitative estimate of drug-likeness (QED) is 0.581. The van der Waals surface area contributed by atoms with Crippen LogP contribution in [0.4, 0.5) is 18.9 Å². The predicted molar refractivity (Wildman–Crippen MR) is 95.9 cm³/mol. The molecule has 1 unspecified atom stereocenters. The lowest BCUT2D eigenvalue weighted by atomic mass is 10.2. The van der Waals surface area contributed by atoms with Gasteiger partial charge in [0.05, 0.1) is 10.5 Å². The number of nitrogens with one attached hydrogen (secondary N) is 1. The van der Waals surface area contributed by atoms with Crippen molar-refractivity contribution in [1.29, 1.82) is 0 Å². The van der Waals surface area contributed by atoms with Gasteiger partial charge in [0.1, 0.15) is 11.5 Å². The number of nitro benzene ring substituents is 1. The minimum absolute atomic E-state index is 0.172. The topological polar surface area (TPSA) is 90.7 Å². The van der Waals surface area contributed by atoms with Gasteiger partial charge >= 0.3 is 11.9 Å². The highest BCUT2D eigenvalue weighted by atomic mass is 19.4. The molecule has 2 aromatic carbocycles. The van der Waals surface area contributed by atoms with Crippen LogP contribution in [0.5, 0.6) is 17.2 Å². The lowest BCUT2D eigenvalue weighted by Crippen LogP contribution is -2.36. The molecule has 0 radical (unpaired) electrons. The Kier molecular flexibility index (Phi) is 5.90. The Bertz CT molecular complexity index is 900. The maximum atomic E-state index is 12.8. The van der Waals surface area contributed by atoms with E-state index in [-0.39, 0.29) is 17.4 Å². The van der Waals surface area contributed by atoms with E-state index in [9.17, 15) is 28.1 Å². The highest BCUT2D eigenvalue weighted by molar-refractivity contribution is 5.81. The molecular formula is C19H17F3N2O5. The molecule has 1 fully saturated rings. The normalized spacial score (nSPS) is 17.2. The molecule has 1 amide bonds. The van der Waals surface area contributed by atoms with Gasteiger partial charge in [-0.25, -0.2) is 0 Å². The van der Waals surface area contributed by atoms with Crippen molar-refractivity contribution >= 4 is 11.6 Å². The van der Waals surface area contributed by atoms with Crippen LogP contribution in [0, 0.1) is 10.1 Å². The van der Waals surface area contributed by atoms with Gasteiger partial charge in [0.2, 0.25) is 5.75 Å². The summed E-state index contributed by atoms with van der Waals surface area (Å²) in [5, 5.41) is 13.9.